The highest BCUT2D eigenvalue weighted by Crippen LogP contribution is 2.25. The third kappa shape index (κ3) is 5.32. The van der Waals surface area contributed by atoms with Crippen molar-refractivity contribution in [3.63, 3.8) is 0 Å². The van der Waals surface area contributed by atoms with Gasteiger partial charge in [0.25, 0.3) is 0 Å². The monoisotopic (exact) mass is 318 g/mol. The first kappa shape index (κ1) is 17.9. The van der Waals surface area contributed by atoms with Crippen molar-refractivity contribution < 1.29 is 42.9 Å². The minimum absolute atomic E-state index is 0.187. The Morgan fingerprint density at radius 3 is 1.64 bits per heavy atom. The van der Waals surface area contributed by atoms with Gasteiger partial charge in [-0.3, -0.25) is 19.2 Å². The number of ether oxygens (including phenoxy) is 5. The fraction of sp³-hybridized carbons (Fsp3) is 0.692. The Hall–Kier alpha value is -2.16. The van der Waals surface area contributed by atoms with Gasteiger partial charge in [0.1, 0.15) is 0 Å². The van der Waals surface area contributed by atoms with Gasteiger partial charge in [-0.05, 0) is 0 Å². The molecular formula is C13H18O9. The lowest BCUT2D eigenvalue weighted by atomic mass is 10.0. The summed E-state index contributed by atoms with van der Waals surface area (Å²) in [5, 5.41) is 0. The number of rotatable bonds is 4. The van der Waals surface area contributed by atoms with Crippen molar-refractivity contribution in [2.45, 2.75) is 52.3 Å². The van der Waals surface area contributed by atoms with Crippen LogP contribution in [0.4, 0.5) is 0 Å². The van der Waals surface area contributed by atoms with Gasteiger partial charge in [-0.25, -0.2) is 0 Å². The molecule has 1 rings (SSSR count). The second-order valence-electron chi connectivity index (χ2n) is 4.61. The first-order valence-corrected chi connectivity index (χ1v) is 6.51. The van der Waals surface area contributed by atoms with E-state index in [-0.39, 0.29) is 6.61 Å². The molecule has 1 fully saturated rings. The van der Waals surface area contributed by atoms with Gasteiger partial charge in [0.15, 0.2) is 12.2 Å². The molecule has 9 heteroatoms. The second kappa shape index (κ2) is 7.74. The summed E-state index contributed by atoms with van der Waals surface area (Å²) in [6.45, 7) is 4.40. The first-order chi connectivity index (χ1) is 10.2. The van der Waals surface area contributed by atoms with Gasteiger partial charge in [0.2, 0.25) is 12.4 Å². The number of hydrogen-bond donors (Lipinski definition) is 0. The molecule has 0 N–H and O–H groups in total. The second-order valence-corrected chi connectivity index (χ2v) is 4.61. The number of hydrogen-bond acceptors (Lipinski definition) is 9. The van der Waals surface area contributed by atoms with E-state index >= 15 is 0 Å². The standard InChI is InChI=1S/C13H18O9/c1-6(14)19-10-5-18-13(22-9(4)17)12(21-8(3)16)11(10)20-7(2)15/h10-13H,5H2,1-4H3/t10?,11-,12?,13?/m0/s1. The molecule has 0 bridgehead atoms. The third-order valence-electron chi connectivity index (χ3n) is 2.59. The lowest BCUT2D eigenvalue weighted by Crippen LogP contribution is -2.58. The lowest BCUT2D eigenvalue weighted by molar-refractivity contribution is -0.273. The Morgan fingerprint density at radius 2 is 1.18 bits per heavy atom. The fourth-order valence-electron chi connectivity index (χ4n) is 1.97. The number of esters is 4. The van der Waals surface area contributed by atoms with E-state index in [1.165, 1.54) is 6.92 Å². The minimum Gasteiger partial charge on any atom is -0.456 e. The number of carbonyl (C=O) groups is 4. The smallest absolute Gasteiger partial charge is 0.305 e. The average molecular weight is 318 g/mol. The minimum atomic E-state index is -1.27. The number of carbonyl (C=O) groups excluding carboxylic acids is 4. The molecule has 1 aliphatic heterocycles. The zero-order valence-corrected chi connectivity index (χ0v) is 12.7. The molecule has 1 aliphatic rings. The summed E-state index contributed by atoms with van der Waals surface area (Å²) in [4.78, 5) is 44.7. The van der Waals surface area contributed by atoms with Gasteiger partial charge in [0, 0.05) is 27.7 Å². The Balaban J connectivity index is 3.03. The van der Waals surface area contributed by atoms with Crippen molar-refractivity contribution in [3.8, 4) is 0 Å². The summed E-state index contributed by atoms with van der Waals surface area (Å²) in [6.07, 6.45) is -4.65. The maximum atomic E-state index is 11.3. The first-order valence-electron chi connectivity index (χ1n) is 6.51. The molecule has 0 aromatic heterocycles. The molecule has 0 spiro atoms. The molecule has 0 saturated carbocycles. The highest BCUT2D eigenvalue weighted by Gasteiger charge is 2.48. The Kier molecular flexibility index (Phi) is 6.29. The normalized spacial score (nSPS) is 27.5. The Labute approximate surface area is 126 Å². The molecule has 0 aliphatic carbocycles. The van der Waals surface area contributed by atoms with Gasteiger partial charge in [-0.2, -0.15) is 0 Å². The summed E-state index contributed by atoms with van der Waals surface area (Å²) in [6, 6.07) is 0. The quantitative estimate of drug-likeness (QED) is 0.509. The molecular weight excluding hydrogens is 300 g/mol. The van der Waals surface area contributed by atoms with Crippen molar-refractivity contribution in [1.29, 1.82) is 0 Å². The van der Waals surface area contributed by atoms with Crippen molar-refractivity contribution in [3.05, 3.63) is 0 Å². The van der Waals surface area contributed by atoms with E-state index in [0.29, 0.717) is 0 Å². The zero-order valence-electron chi connectivity index (χ0n) is 12.7. The van der Waals surface area contributed by atoms with Gasteiger partial charge in [-0.15, -0.1) is 0 Å². The van der Waals surface area contributed by atoms with Crippen LogP contribution in [0.3, 0.4) is 0 Å². The Morgan fingerprint density at radius 1 is 0.727 bits per heavy atom. The molecule has 22 heavy (non-hydrogen) atoms. The van der Waals surface area contributed by atoms with Crippen LogP contribution >= 0.6 is 0 Å². The van der Waals surface area contributed by atoms with Crippen LogP contribution in [0.25, 0.3) is 0 Å². The van der Waals surface area contributed by atoms with E-state index in [9.17, 15) is 19.2 Å². The molecule has 124 valence electrons. The molecule has 1 heterocycles. The highest BCUT2D eigenvalue weighted by molar-refractivity contribution is 5.69. The summed E-state index contributed by atoms with van der Waals surface area (Å²) in [5.41, 5.74) is 0. The zero-order chi connectivity index (χ0) is 16.9. The molecule has 9 nitrogen and oxygen atoms in total. The molecule has 0 aromatic carbocycles. The van der Waals surface area contributed by atoms with Crippen LogP contribution in [0.1, 0.15) is 27.7 Å². The van der Waals surface area contributed by atoms with Crippen LogP contribution < -0.4 is 0 Å². The van der Waals surface area contributed by atoms with E-state index in [2.05, 4.69) is 0 Å². The molecule has 1 saturated heterocycles. The lowest BCUT2D eigenvalue weighted by Gasteiger charge is -2.39. The Bertz CT molecular complexity index is 416. The van der Waals surface area contributed by atoms with Gasteiger partial charge < -0.3 is 23.7 Å². The van der Waals surface area contributed by atoms with E-state index in [1.807, 2.05) is 0 Å². The van der Waals surface area contributed by atoms with Crippen LogP contribution in [-0.4, -0.2) is 55.1 Å². The maximum Gasteiger partial charge on any atom is 0.305 e. The molecule has 3 unspecified atom stereocenters. The summed E-state index contributed by atoms with van der Waals surface area (Å²) in [7, 11) is 0. The van der Waals surface area contributed by atoms with E-state index in [0.717, 1.165) is 20.8 Å². The van der Waals surface area contributed by atoms with Gasteiger partial charge >= 0.3 is 23.9 Å². The van der Waals surface area contributed by atoms with Crippen LogP contribution in [0.5, 0.6) is 0 Å². The topological polar surface area (TPSA) is 114 Å². The largest absolute Gasteiger partial charge is 0.456 e. The van der Waals surface area contributed by atoms with Crippen LogP contribution in [0.15, 0.2) is 0 Å². The predicted octanol–water partition coefficient (Wildman–Crippen LogP) is -0.299. The summed E-state index contributed by atoms with van der Waals surface area (Å²) in [5.74, 6) is -2.68. The predicted molar refractivity (Wildman–Crippen MR) is 68.2 cm³/mol. The van der Waals surface area contributed by atoms with Crippen LogP contribution in [-0.2, 0) is 42.9 Å². The van der Waals surface area contributed by atoms with Crippen molar-refractivity contribution in [2.75, 3.05) is 6.61 Å². The summed E-state index contributed by atoms with van der Waals surface area (Å²) >= 11 is 0. The van der Waals surface area contributed by atoms with Crippen LogP contribution in [0, 0.1) is 0 Å². The molecule has 0 aromatic rings. The van der Waals surface area contributed by atoms with E-state index in [1.54, 1.807) is 0 Å². The van der Waals surface area contributed by atoms with Gasteiger partial charge in [-0.1, -0.05) is 0 Å². The molecule has 0 radical (unpaired) electrons. The maximum absolute atomic E-state index is 11.3. The van der Waals surface area contributed by atoms with Crippen LogP contribution in [0.2, 0.25) is 0 Å². The molecule has 0 amide bonds. The summed E-state index contributed by atoms with van der Waals surface area (Å²) < 4.78 is 25.2. The SMILES string of the molecule is CC(=O)OC1OCC(OC(C)=O)[C@H](OC(C)=O)C1OC(C)=O. The fourth-order valence-corrected chi connectivity index (χ4v) is 1.97. The average Bonchev–Trinajstić information content (AvgIpc) is 2.34. The molecule has 4 atom stereocenters. The van der Waals surface area contributed by atoms with Crippen molar-refractivity contribution >= 4 is 23.9 Å². The van der Waals surface area contributed by atoms with Crippen molar-refractivity contribution in [2.24, 2.45) is 0 Å². The van der Waals surface area contributed by atoms with E-state index < -0.39 is 48.5 Å². The highest BCUT2D eigenvalue weighted by atomic mass is 16.7. The van der Waals surface area contributed by atoms with E-state index in [4.69, 9.17) is 23.7 Å². The third-order valence-corrected chi connectivity index (χ3v) is 2.59. The van der Waals surface area contributed by atoms with Crippen molar-refractivity contribution in [1.82, 2.24) is 0 Å². The van der Waals surface area contributed by atoms with Gasteiger partial charge in [0.05, 0.1) is 6.61 Å².